The van der Waals surface area contributed by atoms with Crippen molar-refractivity contribution in [1.82, 2.24) is 24.5 Å². The summed E-state index contributed by atoms with van der Waals surface area (Å²) in [5.74, 6) is 2.20. The predicted octanol–water partition coefficient (Wildman–Crippen LogP) is 8.29. The van der Waals surface area contributed by atoms with E-state index in [0.717, 1.165) is 24.5 Å². The SMILES string of the molecule is Cn1nc(CS(C)(=O)=O)c2c(Cl)ccc(-c3ccc(C#CC(C)(C)S(=O)(=O)C4CC4)nc3[C@@H](CC(=O)CCn3nc(C(F)(F)F)cc3C3CC3)Cc3cc(F)cc(F)c3)c21. The molecule has 18 heteroatoms. The molecule has 3 heterocycles. The number of rotatable bonds is 14. The molecule has 0 saturated heterocycles. The normalized spacial score (nSPS) is 15.6. The fourth-order valence-electron chi connectivity index (χ4n) is 7.53. The number of hydrogen-bond acceptors (Lipinski definition) is 8. The highest BCUT2D eigenvalue weighted by atomic mass is 35.5. The molecule has 2 fully saturated rings. The number of halogens is 6. The maximum Gasteiger partial charge on any atom is 0.435 e. The summed E-state index contributed by atoms with van der Waals surface area (Å²) in [6.45, 7) is 2.87. The Bertz CT molecular complexity index is 2800. The lowest BCUT2D eigenvalue weighted by molar-refractivity contribution is -0.141. The first-order chi connectivity index (χ1) is 28.0. The first-order valence-corrected chi connectivity index (χ1v) is 23.2. The zero-order valence-electron chi connectivity index (χ0n) is 33.1. The first-order valence-electron chi connectivity index (χ1n) is 19.2. The molecular formula is C42H41ClF5N5O5S2. The standard InChI is InChI=1S/C42H41ClF5N5O5S2/c1-41(2,60(57,58)31-8-9-31)15-13-29-7-10-32(33-11-12-34(43)38-35(23-59(4,55)56)50-52(3)40(33)38)39(49-29)26(17-24-18-27(44)21-28(45)19-24)20-30(54)14-16-53-36(25-5-6-25)22-37(51-53)42(46,47)48/h7,10-12,18-19,21-22,25-26,31H,5-6,8-9,14,16-17,20,23H2,1-4H3/t26-/m1/s1. The number of nitrogens with zero attached hydrogens (tertiary/aromatic N) is 5. The molecule has 2 aliphatic rings. The molecule has 2 aromatic carbocycles. The van der Waals surface area contributed by atoms with Gasteiger partial charge in [-0.25, -0.2) is 30.6 Å². The Morgan fingerprint density at radius 1 is 0.950 bits per heavy atom. The molecule has 1 atom stereocenters. The molecule has 2 aliphatic carbocycles. The second-order valence-electron chi connectivity index (χ2n) is 16.2. The van der Waals surface area contributed by atoms with Crippen LogP contribution in [0.15, 0.2) is 48.5 Å². The molecule has 0 N–H and O–H groups in total. The zero-order valence-corrected chi connectivity index (χ0v) is 35.5. The largest absolute Gasteiger partial charge is 0.435 e. The van der Waals surface area contributed by atoms with Crippen LogP contribution in [-0.4, -0.2) is 63.4 Å². The van der Waals surface area contributed by atoms with E-state index in [1.54, 1.807) is 31.3 Å². The van der Waals surface area contributed by atoms with Crippen molar-refractivity contribution in [3.8, 4) is 23.0 Å². The fraction of sp³-hybridized carbons (Fsp3) is 0.429. The van der Waals surface area contributed by atoms with Gasteiger partial charge in [0.15, 0.2) is 25.4 Å². The van der Waals surface area contributed by atoms with Crippen LogP contribution in [0, 0.1) is 23.5 Å². The number of benzene rings is 2. The fourth-order valence-corrected chi connectivity index (χ4v) is 10.3. The van der Waals surface area contributed by atoms with E-state index in [1.165, 1.54) is 23.2 Å². The lowest BCUT2D eigenvalue weighted by Crippen LogP contribution is -2.33. The van der Waals surface area contributed by atoms with Gasteiger partial charge < -0.3 is 0 Å². The Morgan fingerprint density at radius 3 is 2.23 bits per heavy atom. The third kappa shape index (κ3) is 9.45. The van der Waals surface area contributed by atoms with E-state index >= 15 is 0 Å². The van der Waals surface area contributed by atoms with Crippen molar-refractivity contribution in [3.05, 3.63) is 99.2 Å². The average Bonchev–Trinajstić information content (AvgIpc) is 4.08. The van der Waals surface area contributed by atoms with Gasteiger partial charge in [0.05, 0.1) is 32.9 Å². The van der Waals surface area contributed by atoms with Gasteiger partial charge in [0.25, 0.3) is 0 Å². The molecule has 0 radical (unpaired) electrons. The number of hydrogen-bond donors (Lipinski definition) is 0. The summed E-state index contributed by atoms with van der Waals surface area (Å²) in [4.78, 5) is 18.9. The average molecular weight is 890 g/mol. The third-order valence-corrected chi connectivity index (χ3v) is 14.7. The molecule has 10 nitrogen and oxygen atoms in total. The van der Waals surface area contributed by atoms with Gasteiger partial charge in [-0.3, -0.25) is 14.2 Å². The van der Waals surface area contributed by atoms with Crippen molar-refractivity contribution in [1.29, 1.82) is 0 Å². The number of alkyl halides is 3. The lowest BCUT2D eigenvalue weighted by atomic mass is 9.85. The van der Waals surface area contributed by atoms with E-state index in [0.29, 0.717) is 59.5 Å². The van der Waals surface area contributed by atoms with Gasteiger partial charge in [-0.1, -0.05) is 23.6 Å². The number of sulfone groups is 2. The lowest BCUT2D eigenvalue weighted by Gasteiger charge is -2.21. The minimum Gasteiger partial charge on any atom is -0.300 e. The summed E-state index contributed by atoms with van der Waals surface area (Å²) in [5.41, 5.74) is 1.38. The molecule has 0 unspecified atom stereocenters. The highest BCUT2D eigenvalue weighted by molar-refractivity contribution is 7.93. The second-order valence-corrected chi connectivity index (χ2v) is 21.5. The van der Waals surface area contributed by atoms with Crippen LogP contribution in [0.5, 0.6) is 0 Å². The number of aromatic nitrogens is 5. The van der Waals surface area contributed by atoms with Crippen molar-refractivity contribution >= 4 is 48.0 Å². The van der Waals surface area contributed by atoms with Crippen LogP contribution < -0.4 is 0 Å². The Hall–Kier alpha value is -4.66. The summed E-state index contributed by atoms with van der Waals surface area (Å²) >= 11 is 6.67. The Balaban J connectivity index is 1.36. The molecule has 5 aromatic rings. The minimum absolute atomic E-state index is 0.0969. The Morgan fingerprint density at radius 2 is 1.62 bits per heavy atom. The van der Waals surface area contributed by atoms with Gasteiger partial charge in [-0.15, -0.1) is 0 Å². The summed E-state index contributed by atoms with van der Waals surface area (Å²) in [6.07, 6.45) is -1.77. The highest BCUT2D eigenvalue weighted by Crippen LogP contribution is 2.43. The van der Waals surface area contributed by atoms with Crippen LogP contribution in [0.25, 0.3) is 22.0 Å². The maximum atomic E-state index is 14.7. The number of carbonyl (C=O) groups excluding carboxylic acids is 1. The van der Waals surface area contributed by atoms with Gasteiger partial charge in [0.2, 0.25) is 0 Å². The molecular weight excluding hydrogens is 849 g/mol. The van der Waals surface area contributed by atoms with Crippen LogP contribution in [0.2, 0.25) is 5.02 Å². The van der Waals surface area contributed by atoms with E-state index < -0.39 is 70.6 Å². The van der Waals surface area contributed by atoms with Gasteiger partial charge >= 0.3 is 6.18 Å². The van der Waals surface area contributed by atoms with Crippen molar-refractivity contribution in [2.24, 2.45) is 7.05 Å². The summed E-state index contributed by atoms with van der Waals surface area (Å²) in [5, 5.41) is 8.34. The Kier molecular flexibility index (Phi) is 11.6. The molecule has 2 saturated carbocycles. The maximum absolute atomic E-state index is 14.7. The molecule has 60 heavy (non-hydrogen) atoms. The van der Waals surface area contributed by atoms with Gasteiger partial charge in [-0.2, -0.15) is 23.4 Å². The van der Waals surface area contributed by atoms with E-state index in [-0.39, 0.29) is 59.4 Å². The molecule has 318 valence electrons. The topological polar surface area (TPSA) is 134 Å². The van der Waals surface area contributed by atoms with Gasteiger partial charge in [-0.05, 0) is 93.8 Å². The minimum atomic E-state index is -4.68. The molecule has 0 bridgehead atoms. The van der Waals surface area contributed by atoms with Gasteiger partial charge in [0.1, 0.15) is 27.9 Å². The summed E-state index contributed by atoms with van der Waals surface area (Å²) in [6, 6.07) is 10.4. The van der Waals surface area contributed by atoms with Crippen LogP contribution in [0.4, 0.5) is 22.0 Å². The molecule has 0 amide bonds. The Labute approximate surface area is 349 Å². The van der Waals surface area contributed by atoms with Gasteiger partial charge in [0, 0.05) is 72.8 Å². The van der Waals surface area contributed by atoms with E-state index in [9.17, 15) is 43.6 Å². The van der Waals surface area contributed by atoms with E-state index in [1.807, 2.05) is 0 Å². The van der Waals surface area contributed by atoms with Crippen LogP contribution >= 0.6 is 11.6 Å². The van der Waals surface area contributed by atoms with Crippen molar-refractivity contribution in [2.75, 3.05) is 6.26 Å². The second kappa shape index (κ2) is 16.0. The number of pyridine rings is 1. The van der Waals surface area contributed by atoms with Crippen LogP contribution in [-0.2, 0) is 56.4 Å². The number of fused-ring (bicyclic) bond motifs is 1. The molecule has 3 aromatic heterocycles. The van der Waals surface area contributed by atoms with Crippen molar-refractivity contribution in [2.45, 2.75) is 99.1 Å². The van der Waals surface area contributed by atoms with E-state index in [4.69, 9.17) is 16.6 Å². The first kappa shape index (κ1) is 43.4. The molecule has 7 rings (SSSR count). The third-order valence-electron chi connectivity index (χ3n) is 10.8. The number of aryl methyl sites for hydroxylation is 2. The smallest absolute Gasteiger partial charge is 0.300 e. The number of ketones is 1. The predicted molar refractivity (Wildman–Crippen MR) is 217 cm³/mol. The van der Waals surface area contributed by atoms with Crippen molar-refractivity contribution in [3.63, 3.8) is 0 Å². The number of Topliss-reactive ketones (excluding diaryl/α,β-unsaturated/α-hetero) is 1. The summed E-state index contributed by atoms with van der Waals surface area (Å²) < 4.78 is 123. The quantitative estimate of drug-likeness (QED) is 0.0804. The van der Waals surface area contributed by atoms with Crippen molar-refractivity contribution < 1.29 is 43.6 Å². The van der Waals surface area contributed by atoms with Crippen LogP contribution in [0.1, 0.15) is 98.2 Å². The zero-order chi connectivity index (χ0) is 43.5. The summed E-state index contributed by atoms with van der Waals surface area (Å²) in [7, 11) is -5.57. The number of carbonyl (C=O) groups is 1. The molecule has 0 spiro atoms. The van der Waals surface area contributed by atoms with E-state index in [2.05, 4.69) is 22.0 Å². The van der Waals surface area contributed by atoms with Crippen LogP contribution in [0.3, 0.4) is 0 Å². The monoisotopic (exact) mass is 889 g/mol. The highest BCUT2D eigenvalue weighted by Gasteiger charge is 2.45. The molecule has 0 aliphatic heterocycles.